The minimum Gasteiger partial charge on any atom is -0.461 e. The fourth-order valence-corrected chi connectivity index (χ4v) is 2.04. The Hall–Kier alpha value is -2.54. The monoisotopic (exact) mass is 323 g/mol. The van der Waals surface area contributed by atoms with Crippen LogP contribution in [-0.4, -0.2) is 28.3 Å². The van der Waals surface area contributed by atoms with Crippen LogP contribution in [0.4, 0.5) is 5.69 Å². The summed E-state index contributed by atoms with van der Waals surface area (Å²) in [5.41, 5.74) is -0.806. The zero-order valence-electron chi connectivity index (χ0n) is 12.0. The van der Waals surface area contributed by atoms with Crippen molar-refractivity contribution in [2.45, 2.75) is 6.92 Å². The average Bonchev–Trinajstić information content (AvgIpc) is 2.78. The standard InChI is InChI=1S/C14H14ClN3O4/c1-3-22-14(21)11-10(13(20)18(2)17-11)12(19)16-9-7-5-4-6-8(9)15/h4-7,17H,3H2,1-2H3,(H,16,19). The predicted molar refractivity (Wildman–Crippen MR) is 81.4 cm³/mol. The fraction of sp³-hybridized carbons (Fsp3) is 0.214. The van der Waals surface area contributed by atoms with Crippen LogP contribution in [0.15, 0.2) is 29.1 Å². The number of aryl methyl sites for hydroxylation is 1. The van der Waals surface area contributed by atoms with E-state index in [2.05, 4.69) is 10.4 Å². The third kappa shape index (κ3) is 3.04. The number of esters is 1. The summed E-state index contributed by atoms with van der Waals surface area (Å²) >= 11 is 5.96. The normalized spacial score (nSPS) is 10.3. The molecule has 0 aliphatic heterocycles. The van der Waals surface area contributed by atoms with E-state index in [1.807, 2.05) is 0 Å². The average molecular weight is 324 g/mol. The number of hydrogen-bond acceptors (Lipinski definition) is 4. The summed E-state index contributed by atoms with van der Waals surface area (Å²) in [4.78, 5) is 36.2. The van der Waals surface area contributed by atoms with Crippen LogP contribution in [0, 0.1) is 0 Å². The lowest BCUT2D eigenvalue weighted by atomic mass is 10.2. The number of carbonyl (C=O) groups excluding carboxylic acids is 2. The molecule has 8 heteroatoms. The van der Waals surface area contributed by atoms with Gasteiger partial charge in [0.1, 0.15) is 5.56 Å². The number of ether oxygens (including phenoxy) is 1. The second-order valence-electron chi connectivity index (χ2n) is 4.38. The summed E-state index contributed by atoms with van der Waals surface area (Å²) in [5.74, 6) is -1.51. The van der Waals surface area contributed by atoms with Gasteiger partial charge >= 0.3 is 5.97 Å². The van der Waals surface area contributed by atoms with Gasteiger partial charge < -0.3 is 10.1 Å². The molecule has 22 heavy (non-hydrogen) atoms. The van der Waals surface area contributed by atoms with Crippen molar-refractivity contribution in [2.24, 2.45) is 7.05 Å². The van der Waals surface area contributed by atoms with Crippen LogP contribution < -0.4 is 10.9 Å². The molecule has 7 nitrogen and oxygen atoms in total. The molecule has 0 fully saturated rings. The van der Waals surface area contributed by atoms with Crippen molar-refractivity contribution in [3.8, 4) is 0 Å². The first kappa shape index (κ1) is 15.8. The molecule has 1 aromatic carbocycles. The molecule has 1 heterocycles. The number of rotatable bonds is 4. The van der Waals surface area contributed by atoms with Crippen molar-refractivity contribution in [1.29, 1.82) is 0 Å². The number of aromatic amines is 1. The van der Waals surface area contributed by atoms with Crippen LogP contribution in [0.1, 0.15) is 27.8 Å². The topological polar surface area (TPSA) is 93.2 Å². The van der Waals surface area contributed by atoms with Crippen LogP contribution in [0.3, 0.4) is 0 Å². The number of benzene rings is 1. The lowest BCUT2D eigenvalue weighted by molar-refractivity contribution is 0.0515. The van der Waals surface area contributed by atoms with Gasteiger partial charge in [0.2, 0.25) is 0 Å². The van der Waals surface area contributed by atoms with E-state index < -0.39 is 17.4 Å². The molecule has 2 N–H and O–H groups in total. The van der Waals surface area contributed by atoms with E-state index in [1.54, 1.807) is 31.2 Å². The first-order valence-corrected chi connectivity index (χ1v) is 6.85. The van der Waals surface area contributed by atoms with Crippen molar-refractivity contribution in [2.75, 3.05) is 11.9 Å². The van der Waals surface area contributed by atoms with E-state index in [4.69, 9.17) is 16.3 Å². The number of halogens is 1. The summed E-state index contributed by atoms with van der Waals surface area (Å²) in [6.07, 6.45) is 0. The highest BCUT2D eigenvalue weighted by atomic mass is 35.5. The largest absolute Gasteiger partial charge is 0.461 e. The molecule has 0 saturated carbocycles. The Kier molecular flexibility index (Phi) is 4.67. The molecule has 2 aromatic rings. The van der Waals surface area contributed by atoms with Gasteiger partial charge in [0.25, 0.3) is 11.5 Å². The fourth-order valence-electron chi connectivity index (χ4n) is 1.86. The third-order valence-electron chi connectivity index (χ3n) is 2.88. The van der Waals surface area contributed by atoms with Gasteiger partial charge in [0.05, 0.1) is 17.3 Å². The van der Waals surface area contributed by atoms with Crippen molar-refractivity contribution in [3.63, 3.8) is 0 Å². The molecule has 2 rings (SSSR count). The van der Waals surface area contributed by atoms with E-state index in [1.165, 1.54) is 7.05 Å². The molecular weight excluding hydrogens is 310 g/mol. The summed E-state index contributed by atoms with van der Waals surface area (Å²) < 4.78 is 5.87. The first-order valence-electron chi connectivity index (χ1n) is 6.47. The predicted octanol–water partition coefficient (Wildman–Crippen LogP) is 1.80. The quantitative estimate of drug-likeness (QED) is 0.839. The summed E-state index contributed by atoms with van der Waals surface area (Å²) in [6, 6.07) is 6.57. The molecule has 0 spiro atoms. The number of anilines is 1. The molecule has 0 aliphatic rings. The smallest absolute Gasteiger partial charge is 0.357 e. The van der Waals surface area contributed by atoms with Gasteiger partial charge in [-0.25, -0.2) is 4.79 Å². The number of H-pyrrole nitrogens is 1. The Morgan fingerprint density at radius 3 is 2.68 bits per heavy atom. The zero-order valence-corrected chi connectivity index (χ0v) is 12.7. The second kappa shape index (κ2) is 6.48. The van der Waals surface area contributed by atoms with Crippen molar-refractivity contribution in [3.05, 3.63) is 50.9 Å². The summed E-state index contributed by atoms with van der Waals surface area (Å²) in [6.45, 7) is 1.75. The number of nitrogens with zero attached hydrogens (tertiary/aromatic N) is 1. The van der Waals surface area contributed by atoms with E-state index in [-0.39, 0.29) is 17.9 Å². The molecule has 0 unspecified atom stereocenters. The maximum absolute atomic E-state index is 12.3. The van der Waals surface area contributed by atoms with E-state index in [0.717, 1.165) is 4.68 Å². The summed E-state index contributed by atoms with van der Waals surface area (Å²) in [7, 11) is 1.40. The Labute approximate surface area is 130 Å². The minimum atomic E-state index is -0.774. The molecule has 1 amide bonds. The van der Waals surface area contributed by atoms with Crippen molar-refractivity contribution < 1.29 is 14.3 Å². The first-order chi connectivity index (χ1) is 10.5. The van der Waals surface area contributed by atoms with Gasteiger partial charge in [0.15, 0.2) is 5.69 Å². The highest BCUT2D eigenvalue weighted by molar-refractivity contribution is 6.34. The second-order valence-corrected chi connectivity index (χ2v) is 4.79. The molecule has 0 aliphatic carbocycles. The highest BCUT2D eigenvalue weighted by Gasteiger charge is 2.26. The van der Waals surface area contributed by atoms with Crippen LogP contribution in [0.5, 0.6) is 0 Å². The van der Waals surface area contributed by atoms with Crippen LogP contribution in [-0.2, 0) is 11.8 Å². The lowest BCUT2D eigenvalue weighted by Crippen LogP contribution is -2.25. The number of aromatic nitrogens is 2. The maximum Gasteiger partial charge on any atom is 0.357 e. The van der Waals surface area contributed by atoms with Gasteiger partial charge in [-0.3, -0.25) is 19.4 Å². The number of hydrogen-bond donors (Lipinski definition) is 2. The number of amides is 1. The minimum absolute atomic E-state index is 0.126. The highest BCUT2D eigenvalue weighted by Crippen LogP contribution is 2.21. The zero-order chi connectivity index (χ0) is 16.3. The molecule has 0 radical (unpaired) electrons. The van der Waals surface area contributed by atoms with Crippen molar-refractivity contribution in [1.82, 2.24) is 9.78 Å². The Balaban J connectivity index is 2.39. The Morgan fingerprint density at radius 1 is 1.36 bits per heavy atom. The van der Waals surface area contributed by atoms with Crippen LogP contribution in [0.25, 0.3) is 0 Å². The summed E-state index contributed by atoms with van der Waals surface area (Å²) in [5, 5.41) is 5.34. The molecular formula is C14H14ClN3O4. The molecule has 0 atom stereocenters. The number of carbonyl (C=O) groups is 2. The Morgan fingerprint density at radius 2 is 2.05 bits per heavy atom. The van der Waals surface area contributed by atoms with Crippen molar-refractivity contribution >= 4 is 29.2 Å². The van der Waals surface area contributed by atoms with Gasteiger partial charge in [-0.2, -0.15) is 0 Å². The maximum atomic E-state index is 12.3. The van der Waals surface area contributed by atoms with Gasteiger partial charge in [0, 0.05) is 7.05 Å². The lowest BCUT2D eigenvalue weighted by Gasteiger charge is -2.06. The number of nitrogens with one attached hydrogen (secondary N) is 2. The van der Waals surface area contributed by atoms with Crippen LogP contribution in [0.2, 0.25) is 5.02 Å². The Bertz CT molecular complexity index is 779. The van der Waals surface area contributed by atoms with E-state index >= 15 is 0 Å². The molecule has 0 saturated heterocycles. The molecule has 0 bridgehead atoms. The van der Waals surface area contributed by atoms with Gasteiger partial charge in [-0.1, -0.05) is 23.7 Å². The van der Waals surface area contributed by atoms with Gasteiger partial charge in [-0.15, -0.1) is 0 Å². The van der Waals surface area contributed by atoms with E-state index in [9.17, 15) is 14.4 Å². The third-order valence-corrected chi connectivity index (χ3v) is 3.21. The number of para-hydroxylation sites is 1. The molecule has 116 valence electrons. The van der Waals surface area contributed by atoms with Gasteiger partial charge in [-0.05, 0) is 19.1 Å². The molecule has 1 aromatic heterocycles. The SMILES string of the molecule is CCOC(=O)c1[nH]n(C)c(=O)c1C(=O)Nc1ccccc1Cl. The van der Waals surface area contributed by atoms with E-state index in [0.29, 0.717) is 10.7 Å². The van der Waals surface area contributed by atoms with Crippen LogP contribution >= 0.6 is 11.6 Å².